The molecular formula is C8H18N6O3. The summed E-state index contributed by atoms with van der Waals surface area (Å²) in [5.41, 5.74) is 15.4. The van der Waals surface area contributed by atoms with Crippen LogP contribution in [0.4, 0.5) is 0 Å². The lowest BCUT2D eigenvalue weighted by Crippen LogP contribution is -2.60. The van der Waals surface area contributed by atoms with Crippen molar-refractivity contribution < 1.29 is 14.9 Å². The molecule has 0 spiro atoms. The lowest BCUT2D eigenvalue weighted by atomic mass is 9.98. The first-order chi connectivity index (χ1) is 7.91. The van der Waals surface area contributed by atoms with Crippen molar-refractivity contribution in [3.63, 3.8) is 0 Å². The summed E-state index contributed by atoms with van der Waals surface area (Å²) >= 11 is 0. The van der Waals surface area contributed by atoms with Gasteiger partial charge in [0.2, 0.25) is 0 Å². The SMILES string of the molecule is N=C(N)N[C@H]1CO[C@H](CN=C(N)N)[C@@H](O)[C@@H]1O. The third-order valence-corrected chi connectivity index (χ3v) is 2.43. The van der Waals surface area contributed by atoms with Gasteiger partial charge in [-0.25, -0.2) is 0 Å². The van der Waals surface area contributed by atoms with Crippen LogP contribution in [0, 0.1) is 5.41 Å². The lowest BCUT2D eigenvalue weighted by Gasteiger charge is -2.37. The van der Waals surface area contributed by atoms with Crippen LogP contribution in [0.1, 0.15) is 0 Å². The van der Waals surface area contributed by atoms with E-state index in [1.807, 2.05) is 0 Å². The smallest absolute Gasteiger partial charge is 0.186 e. The predicted octanol–water partition coefficient (Wildman–Crippen LogP) is -3.77. The minimum atomic E-state index is -1.15. The van der Waals surface area contributed by atoms with Crippen LogP contribution in [-0.4, -0.2) is 59.6 Å². The molecule has 0 bridgehead atoms. The second-order valence-electron chi connectivity index (χ2n) is 3.78. The average molecular weight is 246 g/mol. The van der Waals surface area contributed by atoms with E-state index in [2.05, 4.69) is 10.3 Å². The third kappa shape index (κ3) is 3.73. The van der Waals surface area contributed by atoms with Gasteiger partial charge in [-0.3, -0.25) is 10.4 Å². The van der Waals surface area contributed by atoms with Crippen molar-refractivity contribution in [1.82, 2.24) is 5.32 Å². The topological polar surface area (TPSA) is 176 Å². The molecular weight excluding hydrogens is 228 g/mol. The summed E-state index contributed by atoms with van der Waals surface area (Å²) in [5, 5.41) is 29.0. The van der Waals surface area contributed by atoms with Crippen LogP contribution >= 0.6 is 0 Å². The Hall–Kier alpha value is -1.58. The summed E-state index contributed by atoms with van der Waals surface area (Å²) in [5.74, 6) is -0.410. The molecule has 9 nitrogen and oxygen atoms in total. The van der Waals surface area contributed by atoms with Gasteiger partial charge in [0, 0.05) is 0 Å². The fourth-order valence-electron chi connectivity index (χ4n) is 1.57. The van der Waals surface area contributed by atoms with Gasteiger partial charge in [0.1, 0.15) is 18.3 Å². The van der Waals surface area contributed by atoms with Crippen LogP contribution in [0.2, 0.25) is 0 Å². The van der Waals surface area contributed by atoms with E-state index in [9.17, 15) is 10.2 Å². The normalized spacial score (nSPS) is 32.8. The highest BCUT2D eigenvalue weighted by molar-refractivity contribution is 5.75. The Morgan fingerprint density at radius 2 is 2.00 bits per heavy atom. The molecule has 0 amide bonds. The van der Waals surface area contributed by atoms with Crippen LogP contribution in [0.3, 0.4) is 0 Å². The van der Waals surface area contributed by atoms with Crippen LogP contribution in [0.15, 0.2) is 4.99 Å². The zero-order chi connectivity index (χ0) is 13.0. The molecule has 0 aromatic carbocycles. The summed E-state index contributed by atoms with van der Waals surface area (Å²) in [7, 11) is 0. The lowest BCUT2D eigenvalue weighted by molar-refractivity contribution is -0.143. The summed E-state index contributed by atoms with van der Waals surface area (Å²) < 4.78 is 5.28. The van der Waals surface area contributed by atoms with Crippen molar-refractivity contribution in [3.8, 4) is 0 Å². The van der Waals surface area contributed by atoms with E-state index in [1.165, 1.54) is 0 Å². The van der Waals surface area contributed by atoms with Gasteiger partial charge in [-0.05, 0) is 0 Å². The van der Waals surface area contributed by atoms with Gasteiger partial charge in [-0.1, -0.05) is 0 Å². The molecule has 0 aliphatic carbocycles. The van der Waals surface area contributed by atoms with Crippen molar-refractivity contribution in [2.24, 2.45) is 22.2 Å². The Bertz CT molecular complexity index is 306. The molecule has 0 aromatic rings. The Labute approximate surface area is 98.1 Å². The van der Waals surface area contributed by atoms with Crippen molar-refractivity contribution >= 4 is 11.9 Å². The number of hydrogen-bond donors (Lipinski definition) is 7. The average Bonchev–Trinajstić information content (AvgIpc) is 2.23. The first-order valence-corrected chi connectivity index (χ1v) is 5.05. The molecule has 0 radical (unpaired) electrons. The number of aliphatic hydroxyl groups excluding tert-OH is 2. The van der Waals surface area contributed by atoms with Gasteiger partial charge in [0.25, 0.3) is 0 Å². The zero-order valence-corrected chi connectivity index (χ0v) is 9.21. The van der Waals surface area contributed by atoms with E-state index in [1.54, 1.807) is 0 Å². The Morgan fingerprint density at radius 1 is 1.35 bits per heavy atom. The molecule has 1 aliphatic heterocycles. The number of rotatable bonds is 3. The van der Waals surface area contributed by atoms with Crippen LogP contribution < -0.4 is 22.5 Å². The largest absolute Gasteiger partial charge is 0.388 e. The number of hydrogen-bond acceptors (Lipinski definition) is 5. The Balaban J connectivity index is 2.55. The molecule has 9 heteroatoms. The third-order valence-electron chi connectivity index (χ3n) is 2.43. The Kier molecular flexibility index (Phi) is 4.49. The summed E-state index contributed by atoms with van der Waals surface area (Å²) in [4.78, 5) is 3.71. The van der Waals surface area contributed by atoms with Crippen molar-refractivity contribution in [1.29, 1.82) is 5.41 Å². The van der Waals surface area contributed by atoms with E-state index in [4.69, 9.17) is 27.3 Å². The van der Waals surface area contributed by atoms with Crippen molar-refractivity contribution in [3.05, 3.63) is 0 Å². The highest BCUT2D eigenvalue weighted by Gasteiger charge is 2.38. The molecule has 0 unspecified atom stereocenters. The Morgan fingerprint density at radius 3 is 2.53 bits per heavy atom. The summed E-state index contributed by atoms with van der Waals surface area (Å²) in [6.45, 7) is 0.163. The van der Waals surface area contributed by atoms with E-state index in [0.29, 0.717) is 0 Å². The molecule has 1 heterocycles. The molecule has 1 aliphatic rings. The first kappa shape index (κ1) is 13.5. The molecule has 1 fully saturated rings. The maximum Gasteiger partial charge on any atom is 0.186 e. The second kappa shape index (κ2) is 5.66. The second-order valence-corrected chi connectivity index (χ2v) is 3.78. The van der Waals surface area contributed by atoms with Gasteiger partial charge < -0.3 is 37.5 Å². The number of nitrogens with zero attached hydrogens (tertiary/aromatic N) is 1. The molecule has 10 N–H and O–H groups in total. The fourth-order valence-corrected chi connectivity index (χ4v) is 1.57. The molecule has 17 heavy (non-hydrogen) atoms. The van der Waals surface area contributed by atoms with E-state index < -0.39 is 24.4 Å². The van der Waals surface area contributed by atoms with Gasteiger partial charge in [-0.2, -0.15) is 0 Å². The van der Waals surface area contributed by atoms with Gasteiger partial charge in [-0.15, -0.1) is 0 Å². The highest BCUT2D eigenvalue weighted by Crippen LogP contribution is 2.15. The van der Waals surface area contributed by atoms with Crippen LogP contribution in [-0.2, 0) is 4.74 Å². The molecule has 1 saturated heterocycles. The number of nitrogens with one attached hydrogen (secondary N) is 2. The van der Waals surface area contributed by atoms with Gasteiger partial charge in [0.15, 0.2) is 11.9 Å². The van der Waals surface area contributed by atoms with Gasteiger partial charge in [0.05, 0.1) is 19.2 Å². The standard InChI is InChI=1S/C8H18N6O3/c9-7(10)13-1-4-6(16)5(15)3(2-17-4)14-8(11)12/h3-6,15-16H,1-2H2,(H4,9,10,13)(H4,11,12,14)/t3-,4+,5+,6+/m0/s1. The van der Waals surface area contributed by atoms with E-state index in [-0.39, 0.29) is 25.1 Å². The predicted molar refractivity (Wildman–Crippen MR) is 61.3 cm³/mol. The van der Waals surface area contributed by atoms with E-state index >= 15 is 0 Å². The summed E-state index contributed by atoms with van der Waals surface area (Å²) in [6, 6.07) is -0.627. The molecule has 98 valence electrons. The highest BCUT2D eigenvalue weighted by atomic mass is 16.5. The molecule has 0 saturated carbocycles. The minimum absolute atomic E-state index is 0.0628. The summed E-state index contributed by atoms with van der Waals surface area (Å²) in [6.07, 6.45) is -2.94. The van der Waals surface area contributed by atoms with Crippen molar-refractivity contribution in [2.75, 3.05) is 13.2 Å². The number of aliphatic hydroxyl groups is 2. The molecule has 0 aromatic heterocycles. The van der Waals surface area contributed by atoms with Crippen LogP contribution in [0.25, 0.3) is 0 Å². The molecule has 1 rings (SSSR count). The number of guanidine groups is 2. The number of aliphatic imine (C=N–C) groups is 1. The minimum Gasteiger partial charge on any atom is -0.388 e. The van der Waals surface area contributed by atoms with Crippen LogP contribution in [0.5, 0.6) is 0 Å². The monoisotopic (exact) mass is 246 g/mol. The van der Waals surface area contributed by atoms with Gasteiger partial charge >= 0.3 is 0 Å². The number of ether oxygens (including phenoxy) is 1. The first-order valence-electron chi connectivity index (χ1n) is 5.05. The maximum absolute atomic E-state index is 9.77. The number of nitrogens with two attached hydrogens (primary N) is 3. The maximum atomic E-state index is 9.77. The molecule has 4 atom stereocenters. The quantitative estimate of drug-likeness (QED) is 0.197. The zero-order valence-electron chi connectivity index (χ0n) is 9.21. The fraction of sp³-hybridized carbons (Fsp3) is 0.750. The van der Waals surface area contributed by atoms with E-state index in [0.717, 1.165) is 0 Å². The van der Waals surface area contributed by atoms with Crippen molar-refractivity contribution in [2.45, 2.75) is 24.4 Å².